The van der Waals surface area contributed by atoms with E-state index >= 15 is 0 Å². The van der Waals surface area contributed by atoms with Gasteiger partial charge in [0.2, 0.25) is 5.91 Å². The van der Waals surface area contributed by atoms with Crippen LogP contribution in [-0.2, 0) is 0 Å². The Morgan fingerprint density at radius 2 is 2.19 bits per heavy atom. The van der Waals surface area contributed by atoms with Crippen molar-refractivity contribution in [1.29, 1.82) is 0 Å². The lowest BCUT2D eigenvalue weighted by Gasteiger charge is -2.30. The van der Waals surface area contributed by atoms with Gasteiger partial charge in [0.15, 0.2) is 0 Å². The molecule has 0 aromatic heterocycles. The highest BCUT2D eigenvalue weighted by Gasteiger charge is 2.27. The Labute approximate surface area is 122 Å². The van der Waals surface area contributed by atoms with Gasteiger partial charge in [-0.3, -0.25) is 14.9 Å². The fourth-order valence-electron chi connectivity index (χ4n) is 2.75. The van der Waals surface area contributed by atoms with Gasteiger partial charge in [0.25, 0.3) is 5.69 Å². The Kier molecular flexibility index (Phi) is 4.74. The molecule has 21 heavy (non-hydrogen) atoms. The van der Waals surface area contributed by atoms with E-state index in [-0.39, 0.29) is 23.9 Å². The molecular formula is C14H19N3O4. The summed E-state index contributed by atoms with van der Waals surface area (Å²) in [5, 5.41) is 20.8. The van der Waals surface area contributed by atoms with Crippen LogP contribution in [0, 0.1) is 10.1 Å². The molecule has 0 radical (unpaired) electrons. The first-order chi connectivity index (χ1) is 10.0. The van der Waals surface area contributed by atoms with Crippen molar-refractivity contribution in [2.45, 2.75) is 31.7 Å². The molecule has 1 amide bonds. The lowest BCUT2D eigenvalue weighted by Crippen LogP contribution is -2.38. The van der Waals surface area contributed by atoms with Crippen molar-refractivity contribution >= 4 is 17.3 Å². The Morgan fingerprint density at radius 3 is 2.81 bits per heavy atom. The summed E-state index contributed by atoms with van der Waals surface area (Å²) in [4.78, 5) is 23.8. The third-order valence-electron chi connectivity index (χ3n) is 3.85. The number of primary amides is 1. The minimum absolute atomic E-state index is 0.0469. The van der Waals surface area contributed by atoms with Gasteiger partial charge in [-0.25, -0.2) is 0 Å². The number of aliphatic hydroxyl groups is 1. The molecule has 2 rings (SSSR count). The van der Waals surface area contributed by atoms with E-state index in [0.717, 1.165) is 25.7 Å². The Balaban J connectivity index is 2.45. The summed E-state index contributed by atoms with van der Waals surface area (Å²) < 4.78 is 0. The topological polar surface area (TPSA) is 110 Å². The second-order valence-corrected chi connectivity index (χ2v) is 5.20. The number of carbonyl (C=O) groups is 1. The maximum atomic E-state index is 11.3. The molecule has 0 spiro atoms. The molecule has 1 aliphatic heterocycles. The molecule has 7 nitrogen and oxygen atoms in total. The van der Waals surface area contributed by atoms with E-state index in [4.69, 9.17) is 5.73 Å². The van der Waals surface area contributed by atoms with Gasteiger partial charge in [-0.05, 0) is 25.0 Å². The molecule has 1 fully saturated rings. The predicted octanol–water partition coefficient (Wildman–Crippen LogP) is 1.43. The lowest BCUT2D eigenvalue weighted by molar-refractivity contribution is -0.384. The van der Waals surface area contributed by atoms with E-state index < -0.39 is 10.8 Å². The number of rotatable bonds is 4. The van der Waals surface area contributed by atoms with Crippen LogP contribution in [0.15, 0.2) is 18.2 Å². The number of benzene rings is 1. The van der Waals surface area contributed by atoms with Crippen LogP contribution in [-0.4, -0.2) is 35.1 Å². The maximum Gasteiger partial charge on any atom is 0.293 e. The zero-order valence-electron chi connectivity index (χ0n) is 11.7. The molecule has 1 aromatic rings. The van der Waals surface area contributed by atoms with Gasteiger partial charge < -0.3 is 15.7 Å². The normalized spacial score (nSPS) is 19.1. The van der Waals surface area contributed by atoms with Crippen LogP contribution in [0.25, 0.3) is 0 Å². The Bertz CT molecular complexity index is 547. The molecule has 1 unspecified atom stereocenters. The first-order valence-electron chi connectivity index (χ1n) is 7.00. The average molecular weight is 293 g/mol. The second-order valence-electron chi connectivity index (χ2n) is 5.20. The third-order valence-corrected chi connectivity index (χ3v) is 3.85. The molecule has 7 heteroatoms. The summed E-state index contributed by atoms with van der Waals surface area (Å²) in [5.74, 6) is -0.695. The van der Waals surface area contributed by atoms with Crippen molar-refractivity contribution in [3.8, 4) is 0 Å². The Hall–Kier alpha value is -2.15. The van der Waals surface area contributed by atoms with Gasteiger partial charge >= 0.3 is 0 Å². The van der Waals surface area contributed by atoms with Crippen LogP contribution in [0.4, 0.5) is 11.4 Å². The average Bonchev–Trinajstić information content (AvgIpc) is 2.71. The van der Waals surface area contributed by atoms with E-state index in [1.807, 2.05) is 4.90 Å². The van der Waals surface area contributed by atoms with Crippen LogP contribution < -0.4 is 10.6 Å². The molecule has 1 aromatic carbocycles. The quantitative estimate of drug-likeness (QED) is 0.644. The van der Waals surface area contributed by atoms with Gasteiger partial charge in [0.1, 0.15) is 5.69 Å². The third kappa shape index (κ3) is 3.30. The summed E-state index contributed by atoms with van der Waals surface area (Å²) in [6.45, 7) is 0.608. The fourth-order valence-corrected chi connectivity index (χ4v) is 2.75. The lowest BCUT2D eigenvalue weighted by atomic mass is 10.1. The number of amides is 1. The number of carbonyl (C=O) groups excluding carboxylic acids is 1. The van der Waals surface area contributed by atoms with Crippen LogP contribution in [0.2, 0.25) is 0 Å². The molecule has 1 aliphatic rings. The predicted molar refractivity (Wildman–Crippen MR) is 78.3 cm³/mol. The molecule has 0 saturated carbocycles. The minimum Gasteiger partial charge on any atom is -0.394 e. The Morgan fingerprint density at radius 1 is 1.43 bits per heavy atom. The zero-order valence-corrected chi connectivity index (χ0v) is 11.7. The summed E-state index contributed by atoms with van der Waals surface area (Å²) in [6, 6.07) is 4.11. The highest BCUT2D eigenvalue weighted by molar-refractivity contribution is 5.94. The number of nitro benzene ring substituents is 1. The first kappa shape index (κ1) is 15.2. The number of hydrogen-bond acceptors (Lipinski definition) is 5. The molecule has 1 heterocycles. The second kappa shape index (κ2) is 6.53. The molecule has 1 saturated heterocycles. The molecule has 3 N–H and O–H groups in total. The number of nitrogens with two attached hydrogens (primary N) is 1. The van der Waals surface area contributed by atoms with Crippen LogP contribution in [0.1, 0.15) is 36.0 Å². The maximum absolute atomic E-state index is 11.3. The van der Waals surface area contributed by atoms with Gasteiger partial charge in [-0.1, -0.05) is 12.8 Å². The molecule has 114 valence electrons. The van der Waals surface area contributed by atoms with Gasteiger partial charge in [-0.2, -0.15) is 0 Å². The van der Waals surface area contributed by atoms with Gasteiger partial charge in [0, 0.05) is 18.2 Å². The van der Waals surface area contributed by atoms with Crippen molar-refractivity contribution < 1.29 is 14.8 Å². The SMILES string of the molecule is NC(=O)c1ccc(N2CCCCCC2CO)c([N+](=O)[O-])c1. The number of nitrogens with zero attached hydrogens (tertiary/aromatic N) is 2. The highest BCUT2D eigenvalue weighted by Crippen LogP contribution is 2.33. The first-order valence-corrected chi connectivity index (χ1v) is 7.00. The summed E-state index contributed by atoms with van der Waals surface area (Å²) in [7, 11) is 0. The van der Waals surface area contributed by atoms with Crippen molar-refractivity contribution in [3.63, 3.8) is 0 Å². The largest absolute Gasteiger partial charge is 0.394 e. The summed E-state index contributed by atoms with van der Waals surface area (Å²) in [6.07, 6.45) is 3.76. The summed E-state index contributed by atoms with van der Waals surface area (Å²) in [5.41, 5.74) is 5.58. The fraction of sp³-hybridized carbons (Fsp3) is 0.500. The van der Waals surface area contributed by atoms with Crippen molar-refractivity contribution in [2.24, 2.45) is 5.73 Å². The monoisotopic (exact) mass is 293 g/mol. The number of hydrogen-bond donors (Lipinski definition) is 2. The van der Waals surface area contributed by atoms with Crippen LogP contribution >= 0.6 is 0 Å². The molecule has 0 aliphatic carbocycles. The molecule has 1 atom stereocenters. The number of aliphatic hydroxyl groups excluding tert-OH is 1. The van der Waals surface area contributed by atoms with Gasteiger partial charge in [0.05, 0.1) is 17.6 Å². The van der Waals surface area contributed by atoms with E-state index in [1.165, 1.54) is 12.1 Å². The van der Waals surface area contributed by atoms with Crippen LogP contribution in [0.3, 0.4) is 0 Å². The van der Waals surface area contributed by atoms with E-state index in [9.17, 15) is 20.0 Å². The van der Waals surface area contributed by atoms with Crippen molar-refractivity contribution in [2.75, 3.05) is 18.1 Å². The van der Waals surface area contributed by atoms with Crippen LogP contribution in [0.5, 0.6) is 0 Å². The van der Waals surface area contributed by atoms with E-state index in [2.05, 4.69) is 0 Å². The molecular weight excluding hydrogens is 274 g/mol. The zero-order chi connectivity index (χ0) is 15.4. The summed E-state index contributed by atoms with van der Waals surface area (Å²) >= 11 is 0. The standard InChI is InChI=1S/C14H19N3O4/c15-14(19)10-5-6-12(13(8-10)17(20)21)16-7-3-1-2-4-11(16)9-18/h5-6,8,11,18H,1-4,7,9H2,(H2,15,19). The van der Waals surface area contributed by atoms with E-state index in [1.54, 1.807) is 6.07 Å². The number of nitro groups is 1. The highest BCUT2D eigenvalue weighted by atomic mass is 16.6. The number of anilines is 1. The minimum atomic E-state index is -0.695. The van der Waals surface area contributed by atoms with Crippen molar-refractivity contribution in [3.05, 3.63) is 33.9 Å². The smallest absolute Gasteiger partial charge is 0.293 e. The van der Waals surface area contributed by atoms with E-state index in [0.29, 0.717) is 12.2 Å². The van der Waals surface area contributed by atoms with Crippen molar-refractivity contribution in [1.82, 2.24) is 0 Å². The molecule has 0 bridgehead atoms. The van der Waals surface area contributed by atoms with Gasteiger partial charge in [-0.15, -0.1) is 0 Å².